The summed E-state index contributed by atoms with van der Waals surface area (Å²) < 4.78 is 5.12. The highest BCUT2D eigenvalue weighted by Gasteiger charge is 2.33. The minimum absolute atomic E-state index is 0.475. The molecule has 1 atom stereocenters. The quantitative estimate of drug-likeness (QED) is 0.611. The summed E-state index contributed by atoms with van der Waals surface area (Å²) in [6, 6.07) is 0. The van der Waals surface area contributed by atoms with Gasteiger partial charge in [0.1, 0.15) is 0 Å². The molecule has 1 aliphatic rings. The smallest absolute Gasteiger partial charge is 0.0542 e. The zero-order chi connectivity index (χ0) is 6.91. The first kappa shape index (κ1) is 7.55. The molecule has 1 heterocycles. The highest BCUT2D eigenvalue weighted by atomic mass is 79.9. The molecule has 0 aromatic carbocycles. The van der Waals surface area contributed by atoms with Gasteiger partial charge in [0.25, 0.3) is 0 Å². The van der Waals surface area contributed by atoms with Crippen LogP contribution in [0.3, 0.4) is 0 Å². The number of ether oxygens (including phenoxy) is 1. The van der Waals surface area contributed by atoms with Gasteiger partial charge in [-0.15, -0.1) is 0 Å². The van der Waals surface area contributed by atoms with Crippen LogP contribution in [-0.2, 0) is 4.74 Å². The Hall–Kier alpha value is 0.440. The molecule has 0 aromatic heterocycles. The molecule has 0 saturated carbocycles. The van der Waals surface area contributed by atoms with Gasteiger partial charge in [0.2, 0.25) is 0 Å². The molecule has 0 bridgehead atoms. The predicted octanol–water partition coefficient (Wildman–Crippen LogP) is 2.20. The molecule has 0 radical (unpaired) electrons. The van der Waals surface area contributed by atoms with E-state index in [0.717, 1.165) is 13.2 Å². The summed E-state index contributed by atoms with van der Waals surface area (Å²) in [4.78, 5) is 0.631. The van der Waals surface area contributed by atoms with Gasteiger partial charge < -0.3 is 4.74 Å². The SMILES string of the molecule is CC(Br)CC1(C)COC1. The number of rotatable bonds is 2. The normalized spacial score (nSPS) is 27.0. The van der Waals surface area contributed by atoms with E-state index in [-0.39, 0.29) is 0 Å². The van der Waals surface area contributed by atoms with Crippen molar-refractivity contribution in [1.82, 2.24) is 0 Å². The third-order valence-electron chi connectivity index (χ3n) is 1.68. The van der Waals surface area contributed by atoms with Crippen LogP contribution in [0.4, 0.5) is 0 Å². The van der Waals surface area contributed by atoms with E-state index < -0.39 is 0 Å². The van der Waals surface area contributed by atoms with Gasteiger partial charge in [-0.2, -0.15) is 0 Å². The van der Waals surface area contributed by atoms with Gasteiger partial charge in [0.15, 0.2) is 0 Å². The zero-order valence-corrected chi connectivity index (χ0v) is 7.57. The van der Waals surface area contributed by atoms with Crippen molar-refractivity contribution in [3.63, 3.8) is 0 Å². The molecule has 0 spiro atoms. The number of hydrogen-bond acceptors (Lipinski definition) is 1. The highest BCUT2D eigenvalue weighted by molar-refractivity contribution is 9.09. The Bertz CT molecular complexity index is 97.1. The Balaban J connectivity index is 2.24. The van der Waals surface area contributed by atoms with Crippen LogP contribution in [0.15, 0.2) is 0 Å². The van der Waals surface area contributed by atoms with Crippen molar-refractivity contribution < 1.29 is 4.74 Å². The van der Waals surface area contributed by atoms with Gasteiger partial charge in [0.05, 0.1) is 13.2 Å². The Morgan fingerprint density at radius 2 is 2.22 bits per heavy atom. The van der Waals surface area contributed by atoms with Crippen LogP contribution in [0.1, 0.15) is 20.3 Å². The summed E-state index contributed by atoms with van der Waals surface area (Å²) in [5.41, 5.74) is 0.475. The van der Waals surface area contributed by atoms with Gasteiger partial charge in [-0.1, -0.05) is 29.8 Å². The first-order valence-corrected chi connectivity index (χ1v) is 4.26. The maximum Gasteiger partial charge on any atom is 0.0542 e. The van der Waals surface area contributed by atoms with Crippen LogP contribution in [0.2, 0.25) is 0 Å². The van der Waals surface area contributed by atoms with Crippen molar-refractivity contribution in [2.24, 2.45) is 5.41 Å². The van der Waals surface area contributed by atoms with E-state index in [1.54, 1.807) is 0 Å². The molecule has 54 valence electrons. The van der Waals surface area contributed by atoms with Gasteiger partial charge in [0, 0.05) is 10.2 Å². The van der Waals surface area contributed by atoms with Crippen LogP contribution in [0, 0.1) is 5.41 Å². The molecule has 0 aliphatic carbocycles. The fraction of sp³-hybridized carbons (Fsp3) is 1.00. The van der Waals surface area contributed by atoms with Crippen molar-refractivity contribution in [3.8, 4) is 0 Å². The maximum atomic E-state index is 5.12. The molecule has 1 saturated heterocycles. The minimum Gasteiger partial charge on any atom is -0.380 e. The van der Waals surface area contributed by atoms with Crippen LogP contribution in [0.5, 0.6) is 0 Å². The lowest BCUT2D eigenvalue weighted by Crippen LogP contribution is -2.41. The van der Waals surface area contributed by atoms with E-state index in [4.69, 9.17) is 4.74 Å². The minimum atomic E-state index is 0.475. The Morgan fingerprint density at radius 3 is 2.33 bits per heavy atom. The van der Waals surface area contributed by atoms with Crippen molar-refractivity contribution in [3.05, 3.63) is 0 Å². The molecule has 0 aromatic rings. The second-order valence-electron chi connectivity index (χ2n) is 3.29. The first-order chi connectivity index (χ1) is 4.12. The highest BCUT2D eigenvalue weighted by Crippen LogP contribution is 2.33. The van der Waals surface area contributed by atoms with E-state index in [2.05, 4.69) is 29.8 Å². The van der Waals surface area contributed by atoms with E-state index in [1.165, 1.54) is 6.42 Å². The Morgan fingerprint density at radius 1 is 1.67 bits per heavy atom. The molecule has 0 amide bonds. The Labute approximate surface area is 64.9 Å². The van der Waals surface area contributed by atoms with Gasteiger partial charge in [-0.3, -0.25) is 0 Å². The predicted molar refractivity (Wildman–Crippen MR) is 41.9 cm³/mol. The van der Waals surface area contributed by atoms with Gasteiger partial charge >= 0.3 is 0 Å². The molecule has 1 fully saturated rings. The number of alkyl halides is 1. The van der Waals surface area contributed by atoms with Crippen LogP contribution in [-0.4, -0.2) is 18.0 Å². The molecule has 1 rings (SSSR count). The largest absolute Gasteiger partial charge is 0.380 e. The zero-order valence-electron chi connectivity index (χ0n) is 5.98. The summed E-state index contributed by atoms with van der Waals surface area (Å²) >= 11 is 3.53. The summed E-state index contributed by atoms with van der Waals surface area (Å²) in [7, 11) is 0. The second-order valence-corrected chi connectivity index (χ2v) is 4.85. The fourth-order valence-corrected chi connectivity index (χ4v) is 2.03. The van der Waals surface area contributed by atoms with Crippen molar-refractivity contribution in [1.29, 1.82) is 0 Å². The first-order valence-electron chi connectivity index (χ1n) is 3.34. The summed E-state index contributed by atoms with van der Waals surface area (Å²) in [5.74, 6) is 0. The van der Waals surface area contributed by atoms with Gasteiger partial charge in [-0.05, 0) is 6.42 Å². The van der Waals surface area contributed by atoms with E-state index in [1.807, 2.05) is 0 Å². The molecule has 1 unspecified atom stereocenters. The molecular weight excluding hydrogens is 180 g/mol. The monoisotopic (exact) mass is 192 g/mol. The van der Waals surface area contributed by atoms with E-state index >= 15 is 0 Å². The topological polar surface area (TPSA) is 9.23 Å². The summed E-state index contributed by atoms with van der Waals surface area (Å²) in [6.45, 7) is 6.35. The molecule has 1 nitrogen and oxygen atoms in total. The average molecular weight is 193 g/mol. The molecule has 1 aliphatic heterocycles. The van der Waals surface area contributed by atoms with E-state index in [0.29, 0.717) is 10.2 Å². The van der Waals surface area contributed by atoms with Crippen molar-refractivity contribution in [2.75, 3.05) is 13.2 Å². The van der Waals surface area contributed by atoms with E-state index in [9.17, 15) is 0 Å². The van der Waals surface area contributed by atoms with Crippen LogP contribution in [0.25, 0.3) is 0 Å². The molecule has 0 N–H and O–H groups in total. The van der Waals surface area contributed by atoms with Crippen LogP contribution < -0.4 is 0 Å². The lowest BCUT2D eigenvalue weighted by molar-refractivity contribution is -0.104. The lowest BCUT2D eigenvalue weighted by Gasteiger charge is -2.38. The average Bonchev–Trinajstić information content (AvgIpc) is 1.60. The third kappa shape index (κ3) is 1.94. The van der Waals surface area contributed by atoms with Crippen molar-refractivity contribution >= 4 is 15.9 Å². The fourth-order valence-electron chi connectivity index (χ4n) is 1.25. The number of halogens is 1. The third-order valence-corrected chi connectivity index (χ3v) is 2.00. The van der Waals surface area contributed by atoms with Crippen LogP contribution >= 0.6 is 15.9 Å². The second kappa shape index (κ2) is 2.59. The van der Waals surface area contributed by atoms with Gasteiger partial charge in [-0.25, -0.2) is 0 Å². The number of hydrogen-bond donors (Lipinski definition) is 0. The maximum absolute atomic E-state index is 5.12. The molecule has 2 heteroatoms. The molecule has 9 heavy (non-hydrogen) atoms. The molecular formula is C7H13BrO. The Kier molecular flexibility index (Phi) is 2.17. The lowest BCUT2D eigenvalue weighted by atomic mass is 9.84. The van der Waals surface area contributed by atoms with Crippen molar-refractivity contribution in [2.45, 2.75) is 25.1 Å². The standard InChI is InChI=1S/C7H13BrO/c1-6(8)3-7(2)4-9-5-7/h6H,3-5H2,1-2H3. The summed E-state index contributed by atoms with van der Waals surface area (Å²) in [5, 5.41) is 0. The summed E-state index contributed by atoms with van der Waals surface area (Å²) in [6.07, 6.45) is 1.23.